The van der Waals surface area contributed by atoms with E-state index in [1.807, 2.05) is 6.07 Å². The number of halogens is 1. The number of piperidine rings is 1. The standard InChI is InChI=1S/C25H29FN2O2/c26-22-11-9-20(10-12-22)24(29)27-17-14-21(15-18-27)25(30)28-16-4-7-23(28)13-8-19-5-2-1-3-6-19/h1-3,5-6,9-12,21,23H,4,7-8,13-18H2. The Morgan fingerprint density at radius 3 is 2.30 bits per heavy atom. The van der Waals surface area contributed by atoms with Crippen molar-refractivity contribution in [3.63, 3.8) is 0 Å². The predicted octanol–water partition coefficient (Wildman–Crippen LogP) is 4.30. The quantitative estimate of drug-likeness (QED) is 0.740. The number of likely N-dealkylation sites (tertiary alicyclic amines) is 2. The van der Waals surface area contributed by atoms with Crippen molar-refractivity contribution in [2.24, 2.45) is 5.92 Å². The van der Waals surface area contributed by atoms with Gasteiger partial charge < -0.3 is 9.80 Å². The maximum Gasteiger partial charge on any atom is 0.253 e. The topological polar surface area (TPSA) is 40.6 Å². The first-order valence-electron chi connectivity index (χ1n) is 11.0. The average molecular weight is 409 g/mol. The Morgan fingerprint density at radius 2 is 1.60 bits per heavy atom. The highest BCUT2D eigenvalue weighted by Gasteiger charge is 2.35. The van der Waals surface area contributed by atoms with Crippen LogP contribution in [-0.2, 0) is 11.2 Å². The van der Waals surface area contributed by atoms with Crippen LogP contribution in [0.3, 0.4) is 0 Å². The molecular formula is C25H29FN2O2. The Hall–Kier alpha value is -2.69. The lowest BCUT2D eigenvalue weighted by atomic mass is 9.94. The Morgan fingerprint density at radius 1 is 0.900 bits per heavy atom. The second-order valence-electron chi connectivity index (χ2n) is 8.43. The number of carbonyl (C=O) groups is 2. The second-order valence-corrected chi connectivity index (χ2v) is 8.43. The highest BCUT2D eigenvalue weighted by molar-refractivity contribution is 5.94. The van der Waals surface area contributed by atoms with E-state index in [1.165, 1.54) is 29.8 Å². The average Bonchev–Trinajstić information content (AvgIpc) is 3.27. The van der Waals surface area contributed by atoms with Gasteiger partial charge in [-0.25, -0.2) is 4.39 Å². The summed E-state index contributed by atoms with van der Waals surface area (Å²) >= 11 is 0. The zero-order chi connectivity index (χ0) is 20.9. The third-order valence-electron chi connectivity index (χ3n) is 6.49. The van der Waals surface area contributed by atoms with E-state index in [0.717, 1.165) is 32.2 Å². The fourth-order valence-corrected chi connectivity index (χ4v) is 4.74. The molecule has 1 unspecified atom stereocenters. The van der Waals surface area contributed by atoms with Crippen LogP contribution in [0.2, 0.25) is 0 Å². The minimum Gasteiger partial charge on any atom is -0.339 e. The van der Waals surface area contributed by atoms with Crippen molar-refractivity contribution < 1.29 is 14.0 Å². The second kappa shape index (κ2) is 9.41. The summed E-state index contributed by atoms with van der Waals surface area (Å²) in [6.07, 6.45) is 5.58. The maximum atomic E-state index is 13.2. The van der Waals surface area contributed by atoms with Crippen LogP contribution in [0, 0.1) is 11.7 Å². The monoisotopic (exact) mass is 408 g/mol. The Bertz CT molecular complexity index is 860. The Labute approximate surface area is 177 Å². The summed E-state index contributed by atoms with van der Waals surface area (Å²) in [5.41, 5.74) is 1.83. The van der Waals surface area contributed by atoms with Crippen molar-refractivity contribution in [2.45, 2.75) is 44.6 Å². The number of amides is 2. The predicted molar refractivity (Wildman–Crippen MR) is 115 cm³/mol. The van der Waals surface area contributed by atoms with E-state index >= 15 is 0 Å². The van der Waals surface area contributed by atoms with E-state index in [9.17, 15) is 14.0 Å². The summed E-state index contributed by atoms with van der Waals surface area (Å²) in [6, 6.07) is 16.5. The number of rotatable bonds is 5. The largest absolute Gasteiger partial charge is 0.339 e. The lowest BCUT2D eigenvalue weighted by molar-refractivity contribution is -0.137. The molecule has 0 aromatic heterocycles. The summed E-state index contributed by atoms with van der Waals surface area (Å²) in [5.74, 6) is -0.162. The lowest BCUT2D eigenvalue weighted by Crippen LogP contribution is -2.45. The molecule has 0 radical (unpaired) electrons. The minimum atomic E-state index is -0.344. The molecule has 2 saturated heterocycles. The summed E-state index contributed by atoms with van der Waals surface area (Å²) in [7, 11) is 0. The number of hydrogen-bond acceptors (Lipinski definition) is 2. The van der Waals surface area contributed by atoms with Gasteiger partial charge in [0.05, 0.1) is 0 Å². The van der Waals surface area contributed by atoms with E-state index in [0.29, 0.717) is 37.5 Å². The molecule has 2 aliphatic rings. The van der Waals surface area contributed by atoms with Crippen LogP contribution < -0.4 is 0 Å². The van der Waals surface area contributed by atoms with E-state index in [1.54, 1.807) is 4.90 Å². The number of aryl methyl sites for hydroxylation is 1. The van der Waals surface area contributed by atoms with Crippen molar-refractivity contribution in [3.05, 3.63) is 71.5 Å². The van der Waals surface area contributed by atoms with Crippen LogP contribution in [-0.4, -0.2) is 47.3 Å². The van der Waals surface area contributed by atoms with E-state index < -0.39 is 0 Å². The number of nitrogens with zero attached hydrogens (tertiary/aromatic N) is 2. The van der Waals surface area contributed by atoms with Gasteiger partial charge in [-0.05, 0) is 68.4 Å². The first-order valence-corrected chi connectivity index (χ1v) is 11.0. The molecular weight excluding hydrogens is 379 g/mol. The maximum absolute atomic E-state index is 13.2. The molecule has 5 heteroatoms. The van der Waals surface area contributed by atoms with Gasteiger partial charge in [0, 0.05) is 37.2 Å². The van der Waals surface area contributed by atoms with Crippen LogP contribution in [0.4, 0.5) is 4.39 Å². The van der Waals surface area contributed by atoms with Crippen LogP contribution in [0.15, 0.2) is 54.6 Å². The van der Waals surface area contributed by atoms with E-state index in [2.05, 4.69) is 29.2 Å². The first-order chi connectivity index (χ1) is 14.6. The van der Waals surface area contributed by atoms with Crippen molar-refractivity contribution in [2.75, 3.05) is 19.6 Å². The van der Waals surface area contributed by atoms with Gasteiger partial charge in [0.2, 0.25) is 5.91 Å². The van der Waals surface area contributed by atoms with Gasteiger partial charge in [0.1, 0.15) is 5.82 Å². The Kier molecular flexibility index (Phi) is 6.46. The molecule has 1 atom stereocenters. The van der Waals surface area contributed by atoms with Crippen molar-refractivity contribution in [1.29, 1.82) is 0 Å². The minimum absolute atomic E-state index is 0.000377. The molecule has 0 bridgehead atoms. The van der Waals surface area contributed by atoms with Gasteiger partial charge in [-0.3, -0.25) is 9.59 Å². The molecule has 2 aromatic rings. The van der Waals surface area contributed by atoms with Crippen LogP contribution in [0.5, 0.6) is 0 Å². The van der Waals surface area contributed by atoms with Gasteiger partial charge in [-0.1, -0.05) is 30.3 Å². The molecule has 2 heterocycles. The fourth-order valence-electron chi connectivity index (χ4n) is 4.74. The molecule has 2 aliphatic heterocycles. The highest BCUT2D eigenvalue weighted by atomic mass is 19.1. The molecule has 2 amide bonds. The number of hydrogen-bond donors (Lipinski definition) is 0. The van der Waals surface area contributed by atoms with Crippen molar-refractivity contribution >= 4 is 11.8 Å². The molecule has 2 aromatic carbocycles. The van der Waals surface area contributed by atoms with Crippen molar-refractivity contribution in [1.82, 2.24) is 9.80 Å². The van der Waals surface area contributed by atoms with E-state index in [-0.39, 0.29) is 23.5 Å². The SMILES string of the molecule is O=C(c1ccc(F)cc1)N1CCC(C(=O)N2CCCC2CCc2ccccc2)CC1. The normalized spacial score (nSPS) is 19.8. The third kappa shape index (κ3) is 4.72. The number of benzene rings is 2. The van der Waals surface area contributed by atoms with Gasteiger partial charge in [0.15, 0.2) is 0 Å². The van der Waals surface area contributed by atoms with Gasteiger partial charge in [-0.2, -0.15) is 0 Å². The Balaban J connectivity index is 1.30. The highest BCUT2D eigenvalue weighted by Crippen LogP contribution is 2.28. The summed E-state index contributed by atoms with van der Waals surface area (Å²) < 4.78 is 13.1. The van der Waals surface area contributed by atoms with Crippen molar-refractivity contribution in [3.8, 4) is 0 Å². The van der Waals surface area contributed by atoms with Crippen LogP contribution >= 0.6 is 0 Å². The van der Waals surface area contributed by atoms with Crippen LogP contribution in [0.25, 0.3) is 0 Å². The molecule has 2 fully saturated rings. The van der Waals surface area contributed by atoms with E-state index in [4.69, 9.17) is 0 Å². The van der Waals surface area contributed by atoms with Crippen LogP contribution in [0.1, 0.15) is 48.0 Å². The molecule has 0 spiro atoms. The molecule has 0 saturated carbocycles. The zero-order valence-corrected chi connectivity index (χ0v) is 17.3. The molecule has 4 rings (SSSR count). The van der Waals surface area contributed by atoms with Gasteiger partial charge in [-0.15, -0.1) is 0 Å². The fraction of sp³-hybridized carbons (Fsp3) is 0.440. The first kappa shape index (κ1) is 20.6. The molecule has 4 nitrogen and oxygen atoms in total. The summed E-state index contributed by atoms with van der Waals surface area (Å²) in [4.78, 5) is 29.7. The van der Waals surface area contributed by atoms with Gasteiger partial charge in [0.25, 0.3) is 5.91 Å². The summed E-state index contributed by atoms with van der Waals surface area (Å²) in [6.45, 7) is 2.01. The third-order valence-corrected chi connectivity index (χ3v) is 6.49. The van der Waals surface area contributed by atoms with Gasteiger partial charge >= 0.3 is 0 Å². The molecule has 0 N–H and O–H groups in total. The smallest absolute Gasteiger partial charge is 0.253 e. The molecule has 30 heavy (non-hydrogen) atoms. The molecule has 0 aliphatic carbocycles. The zero-order valence-electron chi connectivity index (χ0n) is 17.3. The molecule has 158 valence electrons. The number of carbonyl (C=O) groups excluding carboxylic acids is 2. The lowest BCUT2D eigenvalue weighted by Gasteiger charge is -2.35. The summed E-state index contributed by atoms with van der Waals surface area (Å²) in [5, 5.41) is 0.